The number of nitrogens with zero attached hydrogens (tertiary/aromatic N) is 1. The number of rotatable bonds is 1. The fourth-order valence-electron chi connectivity index (χ4n) is 3.62. The molecule has 4 nitrogen and oxygen atoms in total. The average Bonchev–Trinajstić information content (AvgIpc) is 3.03. The van der Waals surface area contributed by atoms with Crippen molar-refractivity contribution >= 4 is 18.3 Å². The van der Waals surface area contributed by atoms with E-state index in [0.717, 1.165) is 25.1 Å². The van der Waals surface area contributed by atoms with E-state index in [4.69, 9.17) is 4.74 Å². The minimum atomic E-state index is 0. The first kappa shape index (κ1) is 14.8. The molecule has 3 aliphatic heterocycles. The zero-order valence-electron chi connectivity index (χ0n) is 12.0. The maximum atomic E-state index is 12.7. The van der Waals surface area contributed by atoms with Gasteiger partial charge in [0, 0.05) is 30.7 Å². The molecule has 2 unspecified atom stereocenters. The molecule has 1 amide bonds. The van der Waals surface area contributed by atoms with Gasteiger partial charge in [0.1, 0.15) is 0 Å². The van der Waals surface area contributed by atoms with E-state index in [1.165, 1.54) is 24.0 Å². The largest absolute Gasteiger partial charge is 0.372 e. The molecule has 2 atom stereocenters. The Morgan fingerprint density at radius 3 is 2.86 bits per heavy atom. The Morgan fingerprint density at radius 1 is 1.14 bits per heavy atom. The van der Waals surface area contributed by atoms with Crippen LogP contribution in [0.3, 0.4) is 0 Å². The van der Waals surface area contributed by atoms with E-state index in [-0.39, 0.29) is 18.3 Å². The molecule has 3 aliphatic rings. The van der Waals surface area contributed by atoms with Crippen molar-refractivity contribution in [2.45, 2.75) is 44.6 Å². The topological polar surface area (TPSA) is 41.6 Å². The lowest BCUT2D eigenvalue weighted by molar-refractivity contribution is 0.0748. The van der Waals surface area contributed by atoms with Crippen LogP contribution < -0.4 is 5.32 Å². The molecule has 0 radical (unpaired) electrons. The van der Waals surface area contributed by atoms with Crippen molar-refractivity contribution < 1.29 is 9.53 Å². The second kappa shape index (κ2) is 5.95. The third kappa shape index (κ3) is 2.80. The van der Waals surface area contributed by atoms with Gasteiger partial charge in [0.05, 0.1) is 13.2 Å². The van der Waals surface area contributed by atoms with Gasteiger partial charge in [-0.15, -0.1) is 12.4 Å². The van der Waals surface area contributed by atoms with E-state index in [9.17, 15) is 4.79 Å². The summed E-state index contributed by atoms with van der Waals surface area (Å²) in [7, 11) is 0. The van der Waals surface area contributed by atoms with Crippen LogP contribution in [0, 0.1) is 0 Å². The highest BCUT2D eigenvalue weighted by Crippen LogP contribution is 2.24. The quantitative estimate of drug-likeness (QED) is 0.864. The average molecular weight is 309 g/mol. The molecule has 1 N–H and O–H groups in total. The predicted octanol–water partition coefficient (Wildman–Crippen LogP) is 2.11. The van der Waals surface area contributed by atoms with Crippen LogP contribution in [0.1, 0.15) is 40.7 Å². The van der Waals surface area contributed by atoms with Gasteiger partial charge in [-0.2, -0.15) is 0 Å². The van der Waals surface area contributed by atoms with Crippen LogP contribution in [0.25, 0.3) is 0 Å². The van der Waals surface area contributed by atoms with Crippen LogP contribution in [-0.4, -0.2) is 36.0 Å². The summed E-state index contributed by atoms with van der Waals surface area (Å²) in [6.45, 7) is 3.05. The molecule has 21 heavy (non-hydrogen) atoms. The van der Waals surface area contributed by atoms with Crippen LogP contribution in [-0.2, 0) is 18.0 Å². The van der Waals surface area contributed by atoms with Crippen molar-refractivity contribution in [3.8, 4) is 0 Å². The third-order valence-corrected chi connectivity index (χ3v) is 4.78. The number of hydrogen-bond acceptors (Lipinski definition) is 3. The Kier molecular flexibility index (Phi) is 4.20. The Labute approximate surface area is 131 Å². The fraction of sp³-hybridized carbons (Fsp3) is 0.562. The molecule has 2 bridgehead atoms. The molecule has 5 heteroatoms. The minimum absolute atomic E-state index is 0. The lowest BCUT2D eigenvalue weighted by Crippen LogP contribution is -2.39. The summed E-state index contributed by atoms with van der Waals surface area (Å²) in [6, 6.07) is 7.11. The highest BCUT2D eigenvalue weighted by molar-refractivity contribution is 5.94. The molecule has 0 aliphatic carbocycles. The lowest BCUT2D eigenvalue weighted by atomic mass is 10.0. The number of amides is 1. The van der Waals surface area contributed by atoms with Crippen LogP contribution in [0.4, 0.5) is 0 Å². The summed E-state index contributed by atoms with van der Waals surface area (Å²) >= 11 is 0. The number of nitrogens with one attached hydrogen (secondary N) is 1. The maximum absolute atomic E-state index is 12.7. The molecule has 3 heterocycles. The maximum Gasteiger partial charge on any atom is 0.253 e. The van der Waals surface area contributed by atoms with Gasteiger partial charge in [0.15, 0.2) is 0 Å². The Hall–Kier alpha value is -1.10. The molecule has 1 aromatic carbocycles. The number of carbonyl (C=O) groups excluding carboxylic acids is 1. The summed E-state index contributed by atoms with van der Waals surface area (Å²) in [5.41, 5.74) is 3.20. The Morgan fingerprint density at radius 2 is 1.95 bits per heavy atom. The first-order chi connectivity index (χ1) is 9.79. The highest BCUT2D eigenvalue weighted by atomic mass is 35.5. The van der Waals surface area contributed by atoms with Crippen LogP contribution in [0.5, 0.6) is 0 Å². The van der Waals surface area contributed by atoms with E-state index < -0.39 is 0 Å². The van der Waals surface area contributed by atoms with E-state index in [1.807, 2.05) is 23.1 Å². The second-order valence-corrected chi connectivity index (χ2v) is 6.15. The number of ether oxygens (including phenoxy) is 1. The first-order valence-corrected chi connectivity index (χ1v) is 7.54. The molecule has 114 valence electrons. The van der Waals surface area contributed by atoms with Crippen molar-refractivity contribution in [2.75, 3.05) is 13.1 Å². The fourth-order valence-corrected chi connectivity index (χ4v) is 3.62. The first-order valence-electron chi connectivity index (χ1n) is 7.54. The smallest absolute Gasteiger partial charge is 0.253 e. The second-order valence-electron chi connectivity index (χ2n) is 6.15. The predicted molar refractivity (Wildman–Crippen MR) is 82.6 cm³/mol. The normalized spacial score (nSPS) is 27.0. The molecule has 0 spiro atoms. The molecule has 4 rings (SSSR count). The number of hydrogen-bond donors (Lipinski definition) is 1. The van der Waals surface area contributed by atoms with Gasteiger partial charge >= 0.3 is 0 Å². The molecular formula is C16H21ClN2O2. The van der Waals surface area contributed by atoms with E-state index in [2.05, 4.69) is 5.32 Å². The van der Waals surface area contributed by atoms with Gasteiger partial charge in [-0.3, -0.25) is 4.79 Å². The number of benzene rings is 1. The summed E-state index contributed by atoms with van der Waals surface area (Å²) in [4.78, 5) is 14.7. The summed E-state index contributed by atoms with van der Waals surface area (Å²) in [6.07, 6.45) is 3.55. The van der Waals surface area contributed by atoms with Gasteiger partial charge in [-0.1, -0.05) is 6.07 Å². The van der Waals surface area contributed by atoms with Gasteiger partial charge < -0.3 is 15.0 Å². The molecule has 2 saturated heterocycles. The Bertz CT molecular complexity index is 549. The molecule has 0 saturated carbocycles. The zero-order valence-corrected chi connectivity index (χ0v) is 12.8. The molecule has 2 fully saturated rings. The summed E-state index contributed by atoms with van der Waals surface area (Å²) < 4.78 is 5.42. The number of likely N-dealkylation sites (tertiary alicyclic amines) is 1. The van der Waals surface area contributed by atoms with Gasteiger partial charge in [-0.25, -0.2) is 0 Å². The SMILES string of the molecule is Cl.O=C(c1ccc2c(c1)COC2)N1CCC2CCC(C1)N2. The number of halogens is 1. The van der Waals surface area contributed by atoms with Crippen molar-refractivity contribution in [3.05, 3.63) is 34.9 Å². The third-order valence-electron chi connectivity index (χ3n) is 4.78. The van der Waals surface area contributed by atoms with Gasteiger partial charge in [-0.05, 0) is 42.5 Å². The van der Waals surface area contributed by atoms with Gasteiger partial charge in [0.2, 0.25) is 0 Å². The van der Waals surface area contributed by atoms with E-state index in [0.29, 0.717) is 25.3 Å². The van der Waals surface area contributed by atoms with Crippen LogP contribution in [0.2, 0.25) is 0 Å². The zero-order chi connectivity index (χ0) is 13.5. The minimum Gasteiger partial charge on any atom is -0.372 e. The molecule has 1 aromatic rings. The van der Waals surface area contributed by atoms with Crippen molar-refractivity contribution in [1.29, 1.82) is 0 Å². The number of fused-ring (bicyclic) bond motifs is 3. The summed E-state index contributed by atoms with van der Waals surface area (Å²) in [5, 5.41) is 3.62. The van der Waals surface area contributed by atoms with Gasteiger partial charge in [0.25, 0.3) is 5.91 Å². The highest BCUT2D eigenvalue weighted by Gasteiger charge is 2.31. The van der Waals surface area contributed by atoms with Crippen molar-refractivity contribution in [2.24, 2.45) is 0 Å². The molecular weight excluding hydrogens is 288 g/mol. The van der Waals surface area contributed by atoms with E-state index >= 15 is 0 Å². The van der Waals surface area contributed by atoms with Crippen LogP contribution in [0.15, 0.2) is 18.2 Å². The van der Waals surface area contributed by atoms with Crippen molar-refractivity contribution in [3.63, 3.8) is 0 Å². The standard InChI is InChI=1S/C16H20N2O2.ClH/c19-16(11-1-2-12-9-20-10-13(12)7-11)18-6-5-14-3-4-15(8-18)17-14;/h1-2,7,14-15,17H,3-6,8-10H2;1H. The lowest BCUT2D eigenvalue weighted by Gasteiger charge is -2.24. The number of carbonyl (C=O) groups is 1. The Balaban J connectivity index is 0.00000132. The monoisotopic (exact) mass is 308 g/mol. The molecule has 0 aromatic heterocycles. The van der Waals surface area contributed by atoms with E-state index in [1.54, 1.807) is 0 Å². The summed E-state index contributed by atoms with van der Waals surface area (Å²) in [5.74, 6) is 0.175. The van der Waals surface area contributed by atoms with Crippen molar-refractivity contribution in [1.82, 2.24) is 10.2 Å². The van der Waals surface area contributed by atoms with Crippen LogP contribution >= 0.6 is 12.4 Å².